The molecule has 0 saturated carbocycles. The van der Waals surface area contributed by atoms with E-state index >= 15 is 0 Å². The van der Waals surface area contributed by atoms with Gasteiger partial charge in [-0.25, -0.2) is 4.98 Å². The predicted octanol–water partition coefficient (Wildman–Crippen LogP) is 3.33. The van der Waals surface area contributed by atoms with Gasteiger partial charge in [-0.1, -0.05) is 41.9 Å². The molecule has 1 aromatic heterocycles. The Morgan fingerprint density at radius 1 is 1.00 bits per heavy atom. The van der Waals surface area contributed by atoms with Crippen molar-refractivity contribution >= 4 is 11.6 Å². The van der Waals surface area contributed by atoms with Gasteiger partial charge in [0.05, 0.1) is 0 Å². The lowest BCUT2D eigenvalue weighted by molar-refractivity contribution is 1.16. The van der Waals surface area contributed by atoms with Crippen molar-refractivity contribution in [3.63, 3.8) is 0 Å². The summed E-state index contributed by atoms with van der Waals surface area (Å²) in [4.78, 5) is 3.95. The molecule has 0 spiro atoms. The molecule has 2 heteroatoms. The van der Waals surface area contributed by atoms with E-state index < -0.39 is 0 Å². The van der Waals surface area contributed by atoms with E-state index in [1.165, 1.54) is 11.1 Å². The molecule has 0 N–H and O–H groups in total. The zero-order valence-corrected chi connectivity index (χ0v) is 8.41. The Kier molecular flexibility index (Phi) is 2.80. The molecule has 0 radical (unpaired) electrons. The van der Waals surface area contributed by atoms with Crippen LogP contribution in [0.5, 0.6) is 0 Å². The fraction of sp³-hybridized carbons (Fsp3) is 0.0833. The van der Waals surface area contributed by atoms with E-state index in [-0.39, 0.29) is 0 Å². The summed E-state index contributed by atoms with van der Waals surface area (Å²) in [6.07, 6.45) is 2.64. The summed E-state index contributed by atoms with van der Waals surface area (Å²) in [5.74, 6) is 0. The Morgan fingerprint density at radius 3 is 2.50 bits per heavy atom. The maximum atomic E-state index is 5.80. The number of halogens is 1. The summed E-state index contributed by atoms with van der Waals surface area (Å²) >= 11 is 5.80. The second kappa shape index (κ2) is 4.25. The van der Waals surface area contributed by atoms with E-state index in [0.29, 0.717) is 5.15 Å². The minimum Gasteiger partial charge on any atom is -0.245 e. The van der Waals surface area contributed by atoms with Crippen LogP contribution < -0.4 is 0 Å². The smallest absolute Gasteiger partial charge is 0.129 e. The van der Waals surface area contributed by atoms with Crippen molar-refractivity contribution in [2.45, 2.75) is 6.42 Å². The van der Waals surface area contributed by atoms with Crippen LogP contribution in [-0.4, -0.2) is 4.98 Å². The van der Waals surface area contributed by atoms with Crippen LogP contribution in [0, 0.1) is 0 Å². The fourth-order valence-corrected chi connectivity index (χ4v) is 1.58. The van der Waals surface area contributed by atoms with Gasteiger partial charge in [0.1, 0.15) is 5.15 Å². The maximum absolute atomic E-state index is 5.80. The highest BCUT2D eigenvalue weighted by Crippen LogP contribution is 2.11. The molecule has 2 aromatic rings. The topological polar surface area (TPSA) is 12.9 Å². The van der Waals surface area contributed by atoms with Crippen molar-refractivity contribution in [2.75, 3.05) is 0 Å². The van der Waals surface area contributed by atoms with E-state index in [1.54, 1.807) is 6.20 Å². The standard InChI is InChI=1S/C12H10ClN/c13-12-9-11(6-7-14-12)8-10-4-2-1-3-5-10/h1-7,9H,8H2. The first-order valence-electron chi connectivity index (χ1n) is 4.49. The molecule has 1 heterocycles. The summed E-state index contributed by atoms with van der Waals surface area (Å²) in [6, 6.07) is 14.2. The van der Waals surface area contributed by atoms with Crippen molar-refractivity contribution in [3.8, 4) is 0 Å². The van der Waals surface area contributed by atoms with Gasteiger partial charge in [-0.05, 0) is 29.7 Å². The average Bonchev–Trinajstić information content (AvgIpc) is 2.19. The molecule has 0 aliphatic rings. The Morgan fingerprint density at radius 2 is 1.79 bits per heavy atom. The second-order valence-electron chi connectivity index (χ2n) is 3.15. The number of nitrogens with zero attached hydrogens (tertiary/aromatic N) is 1. The summed E-state index contributed by atoms with van der Waals surface area (Å²) in [5.41, 5.74) is 2.48. The molecule has 0 saturated heterocycles. The predicted molar refractivity (Wildman–Crippen MR) is 58.5 cm³/mol. The number of benzene rings is 1. The lowest BCUT2D eigenvalue weighted by Crippen LogP contribution is -1.88. The highest BCUT2D eigenvalue weighted by atomic mass is 35.5. The van der Waals surface area contributed by atoms with E-state index in [4.69, 9.17) is 11.6 Å². The zero-order chi connectivity index (χ0) is 9.80. The van der Waals surface area contributed by atoms with Crippen LogP contribution in [0.3, 0.4) is 0 Å². The number of hydrogen-bond donors (Lipinski definition) is 0. The van der Waals surface area contributed by atoms with Crippen molar-refractivity contribution in [3.05, 3.63) is 64.9 Å². The molecular weight excluding hydrogens is 194 g/mol. The molecule has 0 unspecified atom stereocenters. The molecule has 70 valence electrons. The average molecular weight is 204 g/mol. The quantitative estimate of drug-likeness (QED) is 0.683. The fourth-order valence-electron chi connectivity index (χ4n) is 1.38. The van der Waals surface area contributed by atoms with Crippen molar-refractivity contribution in [1.29, 1.82) is 0 Å². The molecule has 0 aliphatic heterocycles. The van der Waals surface area contributed by atoms with Gasteiger partial charge in [0.2, 0.25) is 0 Å². The van der Waals surface area contributed by atoms with Crippen molar-refractivity contribution < 1.29 is 0 Å². The third kappa shape index (κ3) is 2.33. The summed E-state index contributed by atoms with van der Waals surface area (Å²) in [5, 5.41) is 0.554. The highest BCUT2D eigenvalue weighted by Gasteiger charge is 1.96. The molecule has 14 heavy (non-hydrogen) atoms. The Bertz CT molecular complexity index is 412. The SMILES string of the molecule is Clc1cc(Cc2ccccc2)ccn1. The first-order chi connectivity index (χ1) is 6.84. The van der Waals surface area contributed by atoms with E-state index in [2.05, 4.69) is 17.1 Å². The van der Waals surface area contributed by atoms with Gasteiger partial charge in [-0.2, -0.15) is 0 Å². The lowest BCUT2D eigenvalue weighted by Gasteiger charge is -2.01. The first-order valence-corrected chi connectivity index (χ1v) is 4.87. The number of hydrogen-bond acceptors (Lipinski definition) is 1. The van der Waals surface area contributed by atoms with E-state index in [9.17, 15) is 0 Å². The number of pyridine rings is 1. The Balaban J connectivity index is 2.19. The van der Waals surface area contributed by atoms with Crippen molar-refractivity contribution in [2.24, 2.45) is 0 Å². The first kappa shape index (κ1) is 9.22. The molecular formula is C12H10ClN. The maximum Gasteiger partial charge on any atom is 0.129 e. The molecule has 1 nitrogen and oxygen atoms in total. The van der Waals surface area contributed by atoms with Gasteiger partial charge in [0.25, 0.3) is 0 Å². The molecule has 0 bridgehead atoms. The van der Waals surface area contributed by atoms with Crippen LogP contribution in [0.1, 0.15) is 11.1 Å². The Hall–Kier alpha value is -1.34. The van der Waals surface area contributed by atoms with Crippen LogP contribution >= 0.6 is 11.6 Å². The van der Waals surface area contributed by atoms with Crippen LogP contribution in [0.4, 0.5) is 0 Å². The lowest BCUT2D eigenvalue weighted by atomic mass is 10.1. The molecule has 0 amide bonds. The van der Waals surface area contributed by atoms with Gasteiger partial charge < -0.3 is 0 Å². The van der Waals surface area contributed by atoms with E-state index in [0.717, 1.165) is 6.42 Å². The van der Waals surface area contributed by atoms with Crippen LogP contribution in [0.15, 0.2) is 48.7 Å². The van der Waals surface area contributed by atoms with Gasteiger partial charge in [-0.15, -0.1) is 0 Å². The second-order valence-corrected chi connectivity index (χ2v) is 3.54. The van der Waals surface area contributed by atoms with Crippen LogP contribution in [-0.2, 0) is 6.42 Å². The van der Waals surface area contributed by atoms with Crippen LogP contribution in [0.2, 0.25) is 5.15 Å². The normalized spacial score (nSPS) is 10.1. The summed E-state index contributed by atoms with van der Waals surface area (Å²) in [7, 11) is 0. The molecule has 1 aromatic carbocycles. The number of aromatic nitrogens is 1. The minimum absolute atomic E-state index is 0.554. The van der Waals surface area contributed by atoms with Crippen LogP contribution in [0.25, 0.3) is 0 Å². The van der Waals surface area contributed by atoms with Crippen molar-refractivity contribution in [1.82, 2.24) is 4.98 Å². The molecule has 0 atom stereocenters. The van der Waals surface area contributed by atoms with Gasteiger partial charge in [-0.3, -0.25) is 0 Å². The van der Waals surface area contributed by atoms with Gasteiger partial charge in [0, 0.05) is 6.20 Å². The zero-order valence-electron chi connectivity index (χ0n) is 7.65. The molecule has 0 aliphatic carbocycles. The summed E-state index contributed by atoms with van der Waals surface area (Å²) in [6.45, 7) is 0. The monoisotopic (exact) mass is 203 g/mol. The van der Waals surface area contributed by atoms with E-state index in [1.807, 2.05) is 30.3 Å². The highest BCUT2D eigenvalue weighted by molar-refractivity contribution is 6.29. The molecule has 2 rings (SSSR count). The van der Waals surface area contributed by atoms with Gasteiger partial charge in [0.15, 0.2) is 0 Å². The third-order valence-corrected chi connectivity index (χ3v) is 2.25. The summed E-state index contributed by atoms with van der Waals surface area (Å²) < 4.78 is 0. The third-order valence-electron chi connectivity index (χ3n) is 2.04. The Labute approximate surface area is 88.4 Å². The minimum atomic E-state index is 0.554. The largest absolute Gasteiger partial charge is 0.245 e. The van der Waals surface area contributed by atoms with Gasteiger partial charge >= 0.3 is 0 Å². The molecule has 0 fully saturated rings. The number of rotatable bonds is 2.